The molecule has 0 saturated carbocycles. The number of piperazine rings is 1. The molecule has 1 rings (SSSR count). The summed E-state index contributed by atoms with van der Waals surface area (Å²) in [5.41, 5.74) is 5.66. The third-order valence-electron chi connectivity index (χ3n) is 3.87. The molecule has 5 heteroatoms. The van der Waals surface area contributed by atoms with E-state index >= 15 is 0 Å². The van der Waals surface area contributed by atoms with E-state index in [0.717, 1.165) is 12.8 Å². The Kier molecular flexibility index (Phi) is 5.79. The van der Waals surface area contributed by atoms with Gasteiger partial charge in [0, 0.05) is 19.5 Å². The summed E-state index contributed by atoms with van der Waals surface area (Å²) in [5, 5.41) is 2.81. The van der Waals surface area contributed by atoms with Gasteiger partial charge in [-0.05, 0) is 31.2 Å². The number of nitrogens with one attached hydrogen (secondary N) is 1. The predicted molar refractivity (Wildman–Crippen MR) is 75.5 cm³/mol. The van der Waals surface area contributed by atoms with E-state index in [-0.39, 0.29) is 23.3 Å². The summed E-state index contributed by atoms with van der Waals surface area (Å²) in [6, 6.07) is -0.293. The number of hydrogen-bond acceptors (Lipinski definition) is 3. The van der Waals surface area contributed by atoms with Gasteiger partial charge in [-0.25, -0.2) is 0 Å². The van der Waals surface area contributed by atoms with Gasteiger partial charge in [-0.3, -0.25) is 9.59 Å². The van der Waals surface area contributed by atoms with Crippen molar-refractivity contribution in [3.63, 3.8) is 0 Å². The normalized spacial score (nSPS) is 20.3. The molecule has 5 nitrogen and oxygen atoms in total. The van der Waals surface area contributed by atoms with Crippen molar-refractivity contribution in [1.29, 1.82) is 0 Å². The lowest BCUT2D eigenvalue weighted by atomic mass is 9.84. The van der Waals surface area contributed by atoms with Gasteiger partial charge in [0.2, 0.25) is 11.8 Å². The highest BCUT2D eigenvalue weighted by atomic mass is 16.2. The number of hydrogen-bond donors (Lipinski definition) is 2. The first-order chi connectivity index (χ1) is 8.91. The average Bonchev–Trinajstić information content (AvgIpc) is 2.35. The van der Waals surface area contributed by atoms with Crippen molar-refractivity contribution in [2.75, 3.05) is 19.6 Å². The highest BCUT2D eigenvalue weighted by Gasteiger charge is 2.31. The molecule has 1 aliphatic rings. The van der Waals surface area contributed by atoms with Gasteiger partial charge in [0.1, 0.15) is 6.04 Å². The molecule has 19 heavy (non-hydrogen) atoms. The number of rotatable bonds is 6. The fourth-order valence-corrected chi connectivity index (χ4v) is 2.52. The second kappa shape index (κ2) is 6.89. The Morgan fingerprint density at radius 2 is 2.16 bits per heavy atom. The number of amides is 2. The number of nitrogens with zero attached hydrogens (tertiary/aromatic N) is 1. The maximum atomic E-state index is 12.3. The van der Waals surface area contributed by atoms with E-state index in [2.05, 4.69) is 19.2 Å². The summed E-state index contributed by atoms with van der Waals surface area (Å²) in [4.78, 5) is 25.7. The van der Waals surface area contributed by atoms with E-state index in [9.17, 15) is 9.59 Å². The highest BCUT2D eigenvalue weighted by Crippen LogP contribution is 2.26. The van der Waals surface area contributed by atoms with Crippen molar-refractivity contribution < 1.29 is 9.59 Å². The molecule has 1 fully saturated rings. The summed E-state index contributed by atoms with van der Waals surface area (Å²) in [6.45, 7) is 8.04. The van der Waals surface area contributed by atoms with E-state index in [0.29, 0.717) is 32.5 Å². The van der Waals surface area contributed by atoms with Gasteiger partial charge >= 0.3 is 0 Å². The van der Waals surface area contributed by atoms with Crippen LogP contribution < -0.4 is 11.1 Å². The van der Waals surface area contributed by atoms with Crippen LogP contribution in [0.15, 0.2) is 0 Å². The third kappa shape index (κ3) is 4.49. The van der Waals surface area contributed by atoms with E-state index < -0.39 is 0 Å². The van der Waals surface area contributed by atoms with E-state index in [1.807, 2.05) is 6.92 Å². The summed E-state index contributed by atoms with van der Waals surface area (Å²) < 4.78 is 0. The third-order valence-corrected chi connectivity index (χ3v) is 3.87. The molecule has 2 amide bonds. The fraction of sp³-hybridized carbons (Fsp3) is 0.857. The van der Waals surface area contributed by atoms with Crippen LogP contribution in [0, 0.1) is 5.41 Å². The van der Waals surface area contributed by atoms with Crippen molar-refractivity contribution >= 4 is 11.8 Å². The van der Waals surface area contributed by atoms with Crippen molar-refractivity contribution in [2.45, 2.75) is 52.5 Å². The van der Waals surface area contributed by atoms with Crippen LogP contribution in [0.2, 0.25) is 0 Å². The molecule has 1 atom stereocenters. The standard InChI is InChI=1S/C14H27N3O2/c1-4-11-13(19)16-9-10-17(11)12(18)5-6-14(2,3)7-8-15/h11H,4-10,15H2,1-3H3,(H,16,19). The van der Waals surface area contributed by atoms with E-state index in [4.69, 9.17) is 5.73 Å². The number of carbonyl (C=O) groups is 2. The fourth-order valence-electron chi connectivity index (χ4n) is 2.52. The molecule has 0 radical (unpaired) electrons. The number of carbonyl (C=O) groups excluding carboxylic acids is 2. The Bertz CT molecular complexity index is 329. The van der Waals surface area contributed by atoms with Gasteiger partial charge in [-0.15, -0.1) is 0 Å². The molecular weight excluding hydrogens is 242 g/mol. The van der Waals surface area contributed by atoms with Crippen LogP contribution in [-0.2, 0) is 9.59 Å². The van der Waals surface area contributed by atoms with Crippen LogP contribution in [-0.4, -0.2) is 42.4 Å². The molecule has 0 aliphatic carbocycles. The zero-order valence-corrected chi connectivity index (χ0v) is 12.4. The van der Waals surface area contributed by atoms with Gasteiger partial charge in [0.05, 0.1) is 0 Å². The van der Waals surface area contributed by atoms with Gasteiger partial charge in [0.25, 0.3) is 0 Å². The van der Waals surface area contributed by atoms with Crippen LogP contribution in [0.4, 0.5) is 0 Å². The molecule has 0 aromatic heterocycles. The molecule has 3 N–H and O–H groups in total. The van der Waals surface area contributed by atoms with E-state index in [1.165, 1.54) is 0 Å². The van der Waals surface area contributed by atoms with Crippen molar-refractivity contribution in [1.82, 2.24) is 10.2 Å². The Labute approximate surface area is 115 Å². The molecule has 0 aromatic rings. The maximum absolute atomic E-state index is 12.3. The molecule has 0 spiro atoms. The molecule has 0 aromatic carbocycles. The topological polar surface area (TPSA) is 75.4 Å². The lowest BCUT2D eigenvalue weighted by Crippen LogP contribution is -2.56. The predicted octanol–water partition coefficient (Wildman–Crippen LogP) is 0.879. The molecule has 0 bridgehead atoms. The first kappa shape index (κ1) is 16.0. The van der Waals surface area contributed by atoms with Gasteiger partial charge in [-0.1, -0.05) is 20.8 Å². The quantitative estimate of drug-likeness (QED) is 0.751. The second-order valence-corrected chi connectivity index (χ2v) is 6.01. The van der Waals surface area contributed by atoms with Crippen LogP contribution in [0.5, 0.6) is 0 Å². The molecule has 110 valence electrons. The second-order valence-electron chi connectivity index (χ2n) is 6.01. The molecule has 1 unspecified atom stereocenters. The SMILES string of the molecule is CCC1C(=O)NCCN1C(=O)CCC(C)(C)CCN. The Morgan fingerprint density at radius 3 is 2.74 bits per heavy atom. The maximum Gasteiger partial charge on any atom is 0.242 e. The minimum Gasteiger partial charge on any atom is -0.353 e. The average molecular weight is 269 g/mol. The number of nitrogens with two attached hydrogens (primary N) is 1. The van der Waals surface area contributed by atoms with Crippen molar-refractivity contribution in [3.8, 4) is 0 Å². The van der Waals surface area contributed by atoms with Gasteiger partial charge in [-0.2, -0.15) is 0 Å². The monoisotopic (exact) mass is 269 g/mol. The first-order valence-electron chi connectivity index (χ1n) is 7.18. The van der Waals surface area contributed by atoms with Crippen LogP contribution in [0.1, 0.15) is 46.5 Å². The van der Waals surface area contributed by atoms with Gasteiger partial charge < -0.3 is 16.0 Å². The minimum absolute atomic E-state index is 0.0247. The van der Waals surface area contributed by atoms with Crippen LogP contribution in [0.3, 0.4) is 0 Å². The smallest absolute Gasteiger partial charge is 0.242 e. The molecular formula is C14H27N3O2. The van der Waals surface area contributed by atoms with E-state index in [1.54, 1.807) is 4.90 Å². The molecule has 1 saturated heterocycles. The molecule has 1 heterocycles. The summed E-state index contributed by atoms with van der Waals surface area (Å²) >= 11 is 0. The Morgan fingerprint density at radius 1 is 1.47 bits per heavy atom. The summed E-state index contributed by atoms with van der Waals surface area (Å²) in [6.07, 6.45) is 2.90. The van der Waals surface area contributed by atoms with Crippen LogP contribution in [0.25, 0.3) is 0 Å². The summed E-state index contributed by atoms with van der Waals surface area (Å²) in [5.74, 6) is 0.0649. The largest absolute Gasteiger partial charge is 0.353 e. The van der Waals surface area contributed by atoms with Crippen LogP contribution >= 0.6 is 0 Å². The minimum atomic E-state index is -0.293. The zero-order valence-electron chi connectivity index (χ0n) is 12.4. The summed E-state index contributed by atoms with van der Waals surface area (Å²) in [7, 11) is 0. The molecule has 1 aliphatic heterocycles. The first-order valence-corrected chi connectivity index (χ1v) is 7.18. The van der Waals surface area contributed by atoms with Gasteiger partial charge in [0.15, 0.2) is 0 Å². The Hall–Kier alpha value is -1.10. The Balaban J connectivity index is 2.54. The highest BCUT2D eigenvalue weighted by molar-refractivity contribution is 5.88. The lowest BCUT2D eigenvalue weighted by Gasteiger charge is -2.35. The van der Waals surface area contributed by atoms with Crippen molar-refractivity contribution in [2.24, 2.45) is 11.1 Å². The lowest BCUT2D eigenvalue weighted by molar-refractivity contribution is -0.143. The van der Waals surface area contributed by atoms with Crippen molar-refractivity contribution in [3.05, 3.63) is 0 Å². The zero-order chi connectivity index (χ0) is 14.5.